The number of carbonyl (C=O) groups excluding carboxylic acids is 3. The van der Waals surface area contributed by atoms with Crippen molar-refractivity contribution in [3.63, 3.8) is 0 Å². The second-order valence-electron chi connectivity index (χ2n) is 8.60. The molecule has 0 saturated carbocycles. The highest BCUT2D eigenvalue weighted by molar-refractivity contribution is 8.00. The van der Waals surface area contributed by atoms with Gasteiger partial charge in [0, 0.05) is 21.8 Å². The maximum atomic E-state index is 13.4. The first-order valence-corrected chi connectivity index (χ1v) is 13.7. The molecule has 0 aliphatic rings. The van der Waals surface area contributed by atoms with Crippen molar-refractivity contribution in [2.45, 2.75) is 4.90 Å². The number of carbonyl (C=O) groups is 3. The summed E-state index contributed by atoms with van der Waals surface area (Å²) in [6, 6.07) is 25.9. The van der Waals surface area contributed by atoms with Gasteiger partial charge in [0.1, 0.15) is 17.3 Å². The maximum Gasteiger partial charge on any atom is 0.272 e. The van der Waals surface area contributed by atoms with E-state index in [0.717, 1.165) is 4.90 Å². The zero-order valence-electron chi connectivity index (χ0n) is 21.8. The quantitative estimate of drug-likeness (QED) is 0.143. The van der Waals surface area contributed by atoms with Crippen LogP contribution in [0.5, 0.6) is 5.75 Å². The fraction of sp³-hybridized carbons (Fsp3) is 0.0645. The van der Waals surface area contributed by atoms with Gasteiger partial charge in [-0.25, -0.2) is 4.39 Å². The van der Waals surface area contributed by atoms with Crippen LogP contribution in [-0.4, -0.2) is 30.6 Å². The molecule has 0 saturated heterocycles. The number of ether oxygens (including phenoxy) is 1. The van der Waals surface area contributed by atoms with Crippen LogP contribution in [0.2, 0.25) is 5.02 Å². The summed E-state index contributed by atoms with van der Waals surface area (Å²) < 4.78 is 18.5. The highest BCUT2D eigenvalue weighted by Gasteiger charge is 2.16. The second-order valence-corrected chi connectivity index (χ2v) is 10.1. The molecule has 0 aliphatic carbocycles. The second kappa shape index (κ2) is 14.2. The molecule has 41 heavy (non-hydrogen) atoms. The van der Waals surface area contributed by atoms with E-state index in [4.69, 9.17) is 16.3 Å². The Labute approximate surface area is 245 Å². The van der Waals surface area contributed by atoms with Crippen molar-refractivity contribution in [1.29, 1.82) is 0 Å². The molecule has 208 valence electrons. The Hall–Kier alpha value is -4.60. The Morgan fingerprint density at radius 1 is 0.878 bits per heavy atom. The molecule has 0 bridgehead atoms. The van der Waals surface area contributed by atoms with Crippen molar-refractivity contribution in [2.24, 2.45) is 0 Å². The SMILES string of the molecule is COc1ccc(NC(=O)CSc2cccc(NC(=O)/C(=C/c3ccc(F)cc3)NC(=O)c3ccccc3)c2)cc1Cl. The van der Waals surface area contributed by atoms with Gasteiger partial charge in [-0.1, -0.05) is 48.0 Å². The standard InChI is InChI=1S/C31H25ClFN3O4S/c1-40-28-15-14-24(18-26(28)32)34-29(37)19-41-25-9-5-8-23(17-25)35-31(39)27(16-20-10-12-22(33)13-11-20)36-30(38)21-6-3-2-4-7-21/h2-18H,19H2,1H3,(H,34,37)(H,35,39)(H,36,38)/b27-16-. The first-order chi connectivity index (χ1) is 19.8. The molecule has 0 heterocycles. The largest absolute Gasteiger partial charge is 0.495 e. The molecule has 10 heteroatoms. The fourth-order valence-corrected chi connectivity index (χ4v) is 4.63. The zero-order valence-corrected chi connectivity index (χ0v) is 23.4. The summed E-state index contributed by atoms with van der Waals surface area (Å²) in [5, 5.41) is 8.59. The van der Waals surface area contributed by atoms with Crippen LogP contribution >= 0.6 is 23.4 Å². The minimum atomic E-state index is -0.574. The molecule has 0 unspecified atom stereocenters. The van der Waals surface area contributed by atoms with Gasteiger partial charge in [0.05, 0.1) is 17.9 Å². The van der Waals surface area contributed by atoms with Gasteiger partial charge in [0.15, 0.2) is 0 Å². The summed E-state index contributed by atoms with van der Waals surface area (Å²) >= 11 is 7.40. The Balaban J connectivity index is 1.43. The summed E-state index contributed by atoms with van der Waals surface area (Å²) in [7, 11) is 1.51. The third-order valence-corrected chi connectivity index (χ3v) is 6.90. The zero-order chi connectivity index (χ0) is 29.2. The van der Waals surface area contributed by atoms with Crippen LogP contribution in [0.15, 0.2) is 108 Å². The average molecular weight is 590 g/mol. The highest BCUT2D eigenvalue weighted by atomic mass is 35.5. The van der Waals surface area contributed by atoms with E-state index in [1.165, 1.54) is 49.2 Å². The molecule has 0 aromatic heterocycles. The van der Waals surface area contributed by atoms with Gasteiger partial charge in [-0.15, -0.1) is 11.8 Å². The van der Waals surface area contributed by atoms with Gasteiger partial charge < -0.3 is 20.7 Å². The van der Waals surface area contributed by atoms with E-state index in [1.807, 2.05) is 6.07 Å². The summed E-state index contributed by atoms with van der Waals surface area (Å²) in [5.41, 5.74) is 1.88. The van der Waals surface area contributed by atoms with Crippen LogP contribution in [0.4, 0.5) is 15.8 Å². The number of halogens is 2. The number of hydrogen-bond acceptors (Lipinski definition) is 5. The van der Waals surface area contributed by atoms with Gasteiger partial charge in [0.25, 0.3) is 11.8 Å². The van der Waals surface area contributed by atoms with Crippen LogP contribution in [0.25, 0.3) is 6.08 Å². The Morgan fingerprint density at radius 2 is 1.61 bits per heavy atom. The van der Waals surface area contributed by atoms with Crippen molar-refractivity contribution in [1.82, 2.24) is 5.32 Å². The summed E-state index contributed by atoms with van der Waals surface area (Å²) in [5.74, 6) is -1.08. The van der Waals surface area contributed by atoms with Crippen LogP contribution in [0.3, 0.4) is 0 Å². The topological polar surface area (TPSA) is 96.5 Å². The van der Waals surface area contributed by atoms with Gasteiger partial charge in [0.2, 0.25) is 5.91 Å². The highest BCUT2D eigenvalue weighted by Crippen LogP contribution is 2.28. The number of thioether (sulfide) groups is 1. The predicted molar refractivity (Wildman–Crippen MR) is 161 cm³/mol. The summed E-state index contributed by atoms with van der Waals surface area (Å²) in [4.78, 5) is 39.2. The number of hydrogen-bond donors (Lipinski definition) is 3. The van der Waals surface area contributed by atoms with Gasteiger partial charge in [-0.3, -0.25) is 14.4 Å². The number of benzene rings is 4. The molecule has 0 atom stereocenters. The lowest BCUT2D eigenvalue weighted by Gasteiger charge is -2.12. The van der Waals surface area contributed by atoms with E-state index in [-0.39, 0.29) is 17.4 Å². The van der Waals surface area contributed by atoms with E-state index in [1.54, 1.807) is 66.7 Å². The molecular weight excluding hydrogens is 565 g/mol. The van der Waals surface area contributed by atoms with Crippen LogP contribution in [0.1, 0.15) is 15.9 Å². The molecule has 3 N–H and O–H groups in total. The fourth-order valence-electron chi connectivity index (χ4n) is 3.62. The molecule has 7 nitrogen and oxygen atoms in total. The van der Waals surface area contributed by atoms with Crippen LogP contribution in [-0.2, 0) is 9.59 Å². The number of methoxy groups -OCH3 is 1. The molecule has 0 fully saturated rings. The lowest BCUT2D eigenvalue weighted by molar-refractivity contribution is -0.114. The Bertz CT molecular complexity index is 1580. The number of anilines is 2. The average Bonchev–Trinajstić information content (AvgIpc) is 2.97. The lowest BCUT2D eigenvalue weighted by Crippen LogP contribution is -2.30. The molecule has 0 spiro atoms. The lowest BCUT2D eigenvalue weighted by atomic mass is 10.1. The normalized spacial score (nSPS) is 11.0. The van der Waals surface area contributed by atoms with E-state index in [2.05, 4.69) is 16.0 Å². The van der Waals surface area contributed by atoms with Crippen molar-refractivity contribution in [3.8, 4) is 5.75 Å². The third kappa shape index (κ3) is 8.69. The summed E-state index contributed by atoms with van der Waals surface area (Å²) in [6.07, 6.45) is 1.46. The van der Waals surface area contributed by atoms with E-state index >= 15 is 0 Å². The van der Waals surface area contributed by atoms with Crippen molar-refractivity contribution >= 4 is 58.5 Å². The van der Waals surface area contributed by atoms with Gasteiger partial charge in [-0.05, 0) is 72.3 Å². The minimum absolute atomic E-state index is 0.0268. The van der Waals surface area contributed by atoms with E-state index < -0.39 is 17.6 Å². The number of rotatable bonds is 10. The van der Waals surface area contributed by atoms with Crippen molar-refractivity contribution in [2.75, 3.05) is 23.5 Å². The number of amides is 3. The Kier molecular flexibility index (Phi) is 10.1. The molecular formula is C31H25ClFN3O4S. The molecule has 3 amide bonds. The minimum Gasteiger partial charge on any atom is -0.495 e. The van der Waals surface area contributed by atoms with Gasteiger partial charge >= 0.3 is 0 Å². The Morgan fingerprint density at radius 3 is 2.32 bits per heavy atom. The molecule has 4 rings (SSSR count). The molecule has 4 aromatic rings. The van der Waals surface area contributed by atoms with Crippen molar-refractivity contribution in [3.05, 3.63) is 125 Å². The smallest absolute Gasteiger partial charge is 0.272 e. The van der Waals surface area contributed by atoms with E-state index in [0.29, 0.717) is 33.3 Å². The number of nitrogens with one attached hydrogen (secondary N) is 3. The third-order valence-electron chi connectivity index (χ3n) is 5.61. The first-order valence-electron chi connectivity index (χ1n) is 12.3. The van der Waals surface area contributed by atoms with E-state index in [9.17, 15) is 18.8 Å². The van der Waals surface area contributed by atoms with Crippen LogP contribution < -0.4 is 20.7 Å². The van der Waals surface area contributed by atoms with Crippen molar-refractivity contribution < 1.29 is 23.5 Å². The van der Waals surface area contributed by atoms with Gasteiger partial charge in [-0.2, -0.15) is 0 Å². The first kappa shape index (κ1) is 29.4. The molecule has 4 aromatic carbocycles. The monoisotopic (exact) mass is 589 g/mol. The molecule has 0 aliphatic heterocycles. The summed E-state index contributed by atoms with van der Waals surface area (Å²) in [6.45, 7) is 0. The van der Waals surface area contributed by atoms with Crippen LogP contribution in [0, 0.1) is 5.82 Å². The molecule has 0 radical (unpaired) electrons. The maximum absolute atomic E-state index is 13.4. The predicted octanol–water partition coefficient (Wildman–Crippen LogP) is 6.63.